The van der Waals surface area contributed by atoms with Crippen molar-refractivity contribution in [2.24, 2.45) is 0 Å². The average molecular weight is 319 g/mol. The average Bonchev–Trinajstić information content (AvgIpc) is 2.99. The highest BCUT2D eigenvalue weighted by molar-refractivity contribution is 6.42. The molecule has 1 N–H and O–H groups in total. The molecule has 2 aromatic carbocycles. The van der Waals surface area contributed by atoms with Gasteiger partial charge in [-0.05, 0) is 35.9 Å². The van der Waals surface area contributed by atoms with Gasteiger partial charge in [-0.2, -0.15) is 5.10 Å². The molecule has 0 saturated heterocycles. The molecular formula is C16H12Cl2N2O. The van der Waals surface area contributed by atoms with E-state index in [-0.39, 0.29) is 0 Å². The van der Waals surface area contributed by atoms with Crippen molar-refractivity contribution in [2.75, 3.05) is 0 Å². The number of hydrogen-bond donors (Lipinski definition) is 1. The fourth-order valence-corrected chi connectivity index (χ4v) is 2.47. The lowest BCUT2D eigenvalue weighted by Crippen LogP contribution is -2.08. The summed E-state index contributed by atoms with van der Waals surface area (Å²) in [7, 11) is 0. The molecule has 106 valence electrons. The molecule has 1 atom stereocenters. The van der Waals surface area contributed by atoms with Crippen molar-refractivity contribution >= 4 is 23.2 Å². The van der Waals surface area contributed by atoms with Crippen LogP contribution in [-0.2, 0) is 0 Å². The van der Waals surface area contributed by atoms with Crippen molar-refractivity contribution in [1.29, 1.82) is 0 Å². The van der Waals surface area contributed by atoms with Crippen LogP contribution in [0.5, 0.6) is 0 Å². The molecule has 21 heavy (non-hydrogen) atoms. The third-order valence-electron chi connectivity index (χ3n) is 3.21. The molecule has 1 heterocycles. The van der Waals surface area contributed by atoms with Crippen LogP contribution in [0.4, 0.5) is 0 Å². The van der Waals surface area contributed by atoms with E-state index in [1.54, 1.807) is 35.1 Å². The number of benzene rings is 2. The SMILES string of the molecule is OC(c1ccc(Cl)c(Cl)c1)c1ccnn1-c1ccccc1. The molecule has 0 aliphatic heterocycles. The molecule has 0 aliphatic rings. The lowest BCUT2D eigenvalue weighted by molar-refractivity contribution is 0.212. The second-order valence-electron chi connectivity index (χ2n) is 4.58. The predicted molar refractivity (Wildman–Crippen MR) is 84.1 cm³/mol. The summed E-state index contributed by atoms with van der Waals surface area (Å²) in [5, 5.41) is 15.7. The summed E-state index contributed by atoms with van der Waals surface area (Å²) in [6, 6.07) is 16.5. The molecule has 0 spiro atoms. The van der Waals surface area contributed by atoms with Gasteiger partial charge >= 0.3 is 0 Å². The van der Waals surface area contributed by atoms with E-state index < -0.39 is 6.10 Å². The minimum atomic E-state index is -0.831. The van der Waals surface area contributed by atoms with Gasteiger partial charge < -0.3 is 5.11 Å². The number of halogens is 2. The summed E-state index contributed by atoms with van der Waals surface area (Å²) in [4.78, 5) is 0. The van der Waals surface area contributed by atoms with Crippen LogP contribution in [0.25, 0.3) is 5.69 Å². The molecule has 0 saturated carbocycles. The topological polar surface area (TPSA) is 38.1 Å². The van der Waals surface area contributed by atoms with Gasteiger partial charge in [-0.3, -0.25) is 0 Å². The Kier molecular flexibility index (Phi) is 3.97. The van der Waals surface area contributed by atoms with Crippen LogP contribution >= 0.6 is 23.2 Å². The molecular weight excluding hydrogens is 307 g/mol. The highest BCUT2D eigenvalue weighted by Gasteiger charge is 2.17. The summed E-state index contributed by atoms with van der Waals surface area (Å²) in [5.74, 6) is 0. The van der Waals surface area contributed by atoms with Gasteiger partial charge in [-0.1, -0.05) is 47.5 Å². The molecule has 0 amide bonds. The monoisotopic (exact) mass is 318 g/mol. The van der Waals surface area contributed by atoms with E-state index in [0.717, 1.165) is 5.69 Å². The van der Waals surface area contributed by atoms with Crippen LogP contribution in [0, 0.1) is 0 Å². The second kappa shape index (κ2) is 5.90. The third kappa shape index (κ3) is 2.81. The first-order valence-corrected chi connectivity index (χ1v) is 7.15. The van der Waals surface area contributed by atoms with Crippen molar-refractivity contribution in [1.82, 2.24) is 9.78 Å². The van der Waals surface area contributed by atoms with E-state index in [0.29, 0.717) is 21.3 Å². The molecule has 3 nitrogen and oxygen atoms in total. The first-order chi connectivity index (χ1) is 10.2. The Morgan fingerprint density at radius 1 is 0.952 bits per heavy atom. The van der Waals surface area contributed by atoms with Crippen LogP contribution in [0.1, 0.15) is 17.4 Å². The van der Waals surface area contributed by atoms with Gasteiger partial charge in [0, 0.05) is 6.20 Å². The number of rotatable bonds is 3. The Bertz CT molecular complexity index is 756. The third-order valence-corrected chi connectivity index (χ3v) is 3.95. The number of aliphatic hydroxyl groups is 1. The Morgan fingerprint density at radius 2 is 1.71 bits per heavy atom. The molecule has 1 unspecified atom stereocenters. The zero-order valence-electron chi connectivity index (χ0n) is 10.9. The molecule has 1 aromatic heterocycles. The van der Waals surface area contributed by atoms with Gasteiger partial charge in [0.05, 0.1) is 21.4 Å². The summed E-state index contributed by atoms with van der Waals surface area (Å²) in [6.45, 7) is 0. The Labute approximate surface area is 132 Å². The zero-order chi connectivity index (χ0) is 14.8. The summed E-state index contributed by atoms with van der Waals surface area (Å²) in [5.41, 5.74) is 2.22. The largest absolute Gasteiger partial charge is 0.382 e. The molecule has 0 fully saturated rings. The van der Waals surface area contributed by atoms with E-state index in [1.165, 1.54) is 0 Å². The fourth-order valence-electron chi connectivity index (χ4n) is 2.16. The number of para-hydroxylation sites is 1. The zero-order valence-corrected chi connectivity index (χ0v) is 12.5. The van der Waals surface area contributed by atoms with Gasteiger partial charge in [0.2, 0.25) is 0 Å². The second-order valence-corrected chi connectivity index (χ2v) is 5.39. The van der Waals surface area contributed by atoms with Crippen molar-refractivity contribution in [3.05, 3.63) is 82.1 Å². The minimum Gasteiger partial charge on any atom is -0.382 e. The van der Waals surface area contributed by atoms with E-state index in [4.69, 9.17) is 23.2 Å². The normalized spacial score (nSPS) is 12.3. The van der Waals surface area contributed by atoms with Gasteiger partial charge in [-0.25, -0.2) is 4.68 Å². The van der Waals surface area contributed by atoms with E-state index >= 15 is 0 Å². The number of aromatic nitrogens is 2. The number of nitrogens with zero attached hydrogens (tertiary/aromatic N) is 2. The standard InChI is InChI=1S/C16H12Cl2N2O/c17-13-7-6-11(10-14(13)18)16(21)15-8-9-19-20(15)12-4-2-1-3-5-12/h1-10,16,21H. The molecule has 0 bridgehead atoms. The number of hydrogen-bond acceptors (Lipinski definition) is 2. The van der Waals surface area contributed by atoms with Gasteiger partial charge in [0.25, 0.3) is 0 Å². The van der Waals surface area contributed by atoms with Crippen LogP contribution in [0.3, 0.4) is 0 Å². The first-order valence-electron chi connectivity index (χ1n) is 6.39. The van der Waals surface area contributed by atoms with Gasteiger partial charge in [0.15, 0.2) is 0 Å². The maximum atomic E-state index is 10.6. The van der Waals surface area contributed by atoms with E-state index in [2.05, 4.69) is 5.10 Å². The van der Waals surface area contributed by atoms with Crippen LogP contribution < -0.4 is 0 Å². The van der Waals surface area contributed by atoms with Gasteiger partial charge in [-0.15, -0.1) is 0 Å². The van der Waals surface area contributed by atoms with Crippen molar-refractivity contribution in [2.45, 2.75) is 6.10 Å². The van der Waals surface area contributed by atoms with Crippen LogP contribution in [0.15, 0.2) is 60.8 Å². The highest BCUT2D eigenvalue weighted by Crippen LogP contribution is 2.29. The first kappa shape index (κ1) is 14.1. The minimum absolute atomic E-state index is 0.416. The van der Waals surface area contributed by atoms with Crippen molar-refractivity contribution in [3.63, 3.8) is 0 Å². The Morgan fingerprint density at radius 3 is 2.43 bits per heavy atom. The molecule has 0 aliphatic carbocycles. The summed E-state index contributed by atoms with van der Waals surface area (Å²) in [6.07, 6.45) is 0.825. The van der Waals surface area contributed by atoms with Crippen molar-refractivity contribution in [3.8, 4) is 5.69 Å². The smallest absolute Gasteiger partial charge is 0.121 e. The maximum Gasteiger partial charge on any atom is 0.121 e. The summed E-state index contributed by atoms with van der Waals surface area (Å²) >= 11 is 11.9. The number of aliphatic hydroxyl groups excluding tert-OH is 1. The quantitative estimate of drug-likeness (QED) is 0.783. The predicted octanol–water partition coefficient (Wildman–Crippen LogP) is 4.26. The molecule has 5 heteroatoms. The Hall–Kier alpha value is -1.81. The molecule has 3 aromatic rings. The van der Waals surface area contributed by atoms with Crippen LogP contribution in [-0.4, -0.2) is 14.9 Å². The Balaban J connectivity index is 2.01. The lowest BCUT2D eigenvalue weighted by Gasteiger charge is -2.14. The maximum absolute atomic E-state index is 10.6. The van der Waals surface area contributed by atoms with E-state index in [1.807, 2.05) is 30.3 Å². The lowest BCUT2D eigenvalue weighted by atomic mass is 10.1. The molecule has 0 radical (unpaired) electrons. The van der Waals surface area contributed by atoms with Crippen molar-refractivity contribution < 1.29 is 5.11 Å². The summed E-state index contributed by atoms with van der Waals surface area (Å²) < 4.78 is 1.70. The highest BCUT2D eigenvalue weighted by atomic mass is 35.5. The van der Waals surface area contributed by atoms with E-state index in [9.17, 15) is 5.11 Å². The fraction of sp³-hybridized carbons (Fsp3) is 0.0625. The van der Waals surface area contributed by atoms with Gasteiger partial charge in [0.1, 0.15) is 6.10 Å². The molecule has 3 rings (SSSR count). The van der Waals surface area contributed by atoms with Crippen LogP contribution in [0.2, 0.25) is 10.0 Å².